The van der Waals surface area contributed by atoms with Crippen LogP contribution in [0.5, 0.6) is 5.75 Å². The van der Waals surface area contributed by atoms with Crippen LogP contribution in [0.1, 0.15) is 33.6 Å². The molecule has 1 saturated heterocycles. The van der Waals surface area contributed by atoms with Gasteiger partial charge in [0.05, 0.1) is 11.1 Å². The van der Waals surface area contributed by atoms with Crippen LogP contribution >= 0.6 is 0 Å². The summed E-state index contributed by atoms with van der Waals surface area (Å²) in [6.07, 6.45) is 1.46. The third-order valence-corrected chi connectivity index (χ3v) is 5.54. The van der Waals surface area contributed by atoms with Gasteiger partial charge in [-0.15, -0.1) is 0 Å². The van der Waals surface area contributed by atoms with Crippen LogP contribution in [0.4, 0.5) is 5.69 Å². The van der Waals surface area contributed by atoms with Gasteiger partial charge < -0.3 is 5.11 Å². The monoisotopic (exact) mass is 273 g/mol. The standard InChI is InChI=1S/C16H19NO3/c1-15(2)10-8-9-16(15,3)14(20)17(13(10)19)11-6-4-5-7-12(11)18/h4-7,10,18H,8-9H2,1-3H3. The van der Waals surface area contributed by atoms with Crippen molar-refractivity contribution in [3.63, 3.8) is 0 Å². The summed E-state index contributed by atoms with van der Waals surface area (Å²) in [5, 5.41) is 9.96. The quantitative estimate of drug-likeness (QED) is 0.800. The van der Waals surface area contributed by atoms with E-state index in [-0.39, 0.29) is 28.9 Å². The molecule has 1 saturated carbocycles. The summed E-state index contributed by atoms with van der Waals surface area (Å²) < 4.78 is 0. The fourth-order valence-electron chi connectivity index (χ4n) is 3.70. The van der Waals surface area contributed by atoms with E-state index in [4.69, 9.17) is 0 Å². The van der Waals surface area contributed by atoms with Crippen molar-refractivity contribution in [1.29, 1.82) is 0 Å². The van der Waals surface area contributed by atoms with Gasteiger partial charge in [-0.05, 0) is 30.4 Å². The molecule has 2 unspecified atom stereocenters. The lowest BCUT2D eigenvalue weighted by atomic mass is 9.62. The zero-order chi connectivity index (χ0) is 14.7. The number of carbonyl (C=O) groups is 2. The van der Waals surface area contributed by atoms with E-state index in [9.17, 15) is 14.7 Å². The highest BCUT2D eigenvalue weighted by Gasteiger charge is 2.64. The minimum atomic E-state index is -0.548. The second-order valence-electron chi connectivity index (χ2n) is 6.61. The fourth-order valence-corrected chi connectivity index (χ4v) is 3.70. The Morgan fingerprint density at radius 3 is 2.50 bits per heavy atom. The molecule has 3 rings (SSSR count). The lowest BCUT2D eigenvalue weighted by molar-refractivity contribution is -0.146. The van der Waals surface area contributed by atoms with E-state index in [0.717, 1.165) is 12.8 Å². The summed E-state index contributed by atoms with van der Waals surface area (Å²) in [6.45, 7) is 5.94. The number of hydrogen-bond donors (Lipinski definition) is 1. The summed E-state index contributed by atoms with van der Waals surface area (Å²) in [7, 11) is 0. The van der Waals surface area contributed by atoms with Gasteiger partial charge in [-0.25, -0.2) is 4.90 Å². The molecule has 2 aliphatic rings. The number of benzene rings is 1. The number of piperidine rings is 1. The molecule has 1 aromatic carbocycles. The Bertz CT molecular complexity index is 607. The van der Waals surface area contributed by atoms with Crippen LogP contribution in [0.3, 0.4) is 0 Å². The molecular formula is C16H19NO3. The van der Waals surface area contributed by atoms with Gasteiger partial charge in [0, 0.05) is 5.92 Å². The first-order valence-electron chi connectivity index (χ1n) is 6.97. The van der Waals surface area contributed by atoms with Crippen molar-refractivity contribution < 1.29 is 14.7 Å². The Morgan fingerprint density at radius 2 is 1.85 bits per heavy atom. The first-order chi connectivity index (χ1) is 9.30. The Balaban J connectivity index is 2.15. The van der Waals surface area contributed by atoms with Crippen molar-refractivity contribution in [2.24, 2.45) is 16.7 Å². The second kappa shape index (κ2) is 3.84. The maximum atomic E-state index is 12.9. The predicted molar refractivity (Wildman–Crippen MR) is 75.2 cm³/mol. The van der Waals surface area contributed by atoms with Crippen molar-refractivity contribution in [3.05, 3.63) is 24.3 Å². The summed E-state index contributed by atoms with van der Waals surface area (Å²) in [5.41, 5.74) is -0.577. The van der Waals surface area contributed by atoms with Crippen LogP contribution in [-0.2, 0) is 9.59 Å². The molecular weight excluding hydrogens is 254 g/mol. The average Bonchev–Trinajstić information content (AvgIpc) is 2.57. The SMILES string of the molecule is CC12CCC(C(=O)N(c3ccccc3O)C1=O)C2(C)C. The van der Waals surface area contributed by atoms with Gasteiger partial charge in [0.25, 0.3) is 0 Å². The number of nitrogens with zero attached hydrogens (tertiary/aromatic N) is 1. The predicted octanol–water partition coefficient (Wildman–Crippen LogP) is 2.71. The molecule has 1 aliphatic heterocycles. The molecule has 0 aromatic heterocycles. The molecule has 20 heavy (non-hydrogen) atoms. The highest BCUT2D eigenvalue weighted by Crippen LogP contribution is 2.60. The van der Waals surface area contributed by atoms with E-state index < -0.39 is 5.41 Å². The molecule has 2 atom stereocenters. The molecule has 1 N–H and O–H groups in total. The molecule has 1 heterocycles. The molecule has 2 bridgehead atoms. The number of rotatable bonds is 1. The molecule has 2 fully saturated rings. The maximum absolute atomic E-state index is 12.9. The minimum absolute atomic E-state index is 0.0306. The summed E-state index contributed by atoms with van der Waals surface area (Å²) in [5.74, 6) is -0.569. The fraction of sp³-hybridized carbons (Fsp3) is 0.500. The number of anilines is 1. The van der Waals surface area contributed by atoms with E-state index in [1.807, 2.05) is 20.8 Å². The average molecular weight is 273 g/mol. The smallest absolute Gasteiger partial charge is 0.240 e. The van der Waals surface area contributed by atoms with E-state index in [2.05, 4.69) is 0 Å². The second-order valence-corrected chi connectivity index (χ2v) is 6.61. The number of imide groups is 1. The third kappa shape index (κ3) is 1.37. The van der Waals surface area contributed by atoms with Gasteiger partial charge in [-0.3, -0.25) is 9.59 Å². The first-order valence-corrected chi connectivity index (χ1v) is 6.97. The van der Waals surface area contributed by atoms with E-state index >= 15 is 0 Å². The van der Waals surface area contributed by atoms with Crippen molar-refractivity contribution >= 4 is 17.5 Å². The van der Waals surface area contributed by atoms with E-state index in [1.165, 1.54) is 11.0 Å². The number of phenolic OH excluding ortho intramolecular Hbond substituents is 1. The zero-order valence-corrected chi connectivity index (χ0v) is 12.0. The Kier molecular flexibility index (Phi) is 2.53. The number of hydrogen-bond acceptors (Lipinski definition) is 3. The van der Waals surface area contributed by atoms with E-state index in [1.54, 1.807) is 18.2 Å². The summed E-state index contributed by atoms with van der Waals surface area (Å²) >= 11 is 0. The Labute approximate surface area is 118 Å². The molecule has 0 radical (unpaired) electrons. The highest BCUT2D eigenvalue weighted by molar-refractivity contribution is 6.21. The number of para-hydroxylation sites is 2. The first kappa shape index (κ1) is 13.2. The summed E-state index contributed by atoms with van der Waals surface area (Å²) in [4.78, 5) is 26.8. The summed E-state index contributed by atoms with van der Waals surface area (Å²) in [6, 6.07) is 6.52. The van der Waals surface area contributed by atoms with Gasteiger partial charge in [0.2, 0.25) is 11.8 Å². The van der Waals surface area contributed by atoms with Crippen molar-refractivity contribution in [3.8, 4) is 5.75 Å². The Morgan fingerprint density at radius 1 is 1.20 bits per heavy atom. The highest BCUT2D eigenvalue weighted by atomic mass is 16.3. The lowest BCUT2D eigenvalue weighted by Gasteiger charge is -2.47. The minimum Gasteiger partial charge on any atom is -0.506 e. The topological polar surface area (TPSA) is 57.6 Å². The van der Waals surface area contributed by atoms with Crippen LogP contribution < -0.4 is 4.90 Å². The van der Waals surface area contributed by atoms with Crippen molar-refractivity contribution in [2.45, 2.75) is 33.6 Å². The molecule has 2 amide bonds. The van der Waals surface area contributed by atoms with Crippen molar-refractivity contribution in [1.82, 2.24) is 0 Å². The third-order valence-electron chi connectivity index (χ3n) is 5.54. The van der Waals surface area contributed by atoms with Gasteiger partial charge in [-0.1, -0.05) is 32.9 Å². The number of amides is 2. The number of fused-ring (bicyclic) bond motifs is 2. The maximum Gasteiger partial charge on any atom is 0.240 e. The molecule has 0 spiro atoms. The van der Waals surface area contributed by atoms with Gasteiger partial charge in [-0.2, -0.15) is 0 Å². The number of phenols is 1. The van der Waals surface area contributed by atoms with Gasteiger partial charge >= 0.3 is 0 Å². The van der Waals surface area contributed by atoms with Crippen LogP contribution in [0, 0.1) is 16.7 Å². The number of aromatic hydroxyl groups is 1. The van der Waals surface area contributed by atoms with Gasteiger partial charge in [0.15, 0.2) is 0 Å². The van der Waals surface area contributed by atoms with E-state index in [0.29, 0.717) is 5.69 Å². The molecule has 106 valence electrons. The van der Waals surface area contributed by atoms with Crippen LogP contribution in [0.15, 0.2) is 24.3 Å². The van der Waals surface area contributed by atoms with Gasteiger partial charge in [0.1, 0.15) is 5.75 Å². The lowest BCUT2D eigenvalue weighted by Crippen LogP contribution is -2.59. The molecule has 1 aromatic rings. The van der Waals surface area contributed by atoms with Crippen LogP contribution in [0.2, 0.25) is 0 Å². The van der Waals surface area contributed by atoms with Crippen LogP contribution in [-0.4, -0.2) is 16.9 Å². The normalized spacial score (nSPS) is 31.8. The largest absolute Gasteiger partial charge is 0.506 e. The van der Waals surface area contributed by atoms with Crippen molar-refractivity contribution in [2.75, 3.05) is 4.90 Å². The zero-order valence-electron chi connectivity index (χ0n) is 12.0. The molecule has 4 nitrogen and oxygen atoms in total. The van der Waals surface area contributed by atoms with Crippen LogP contribution in [0.25, 0.3) is 0 Å². The number of carbonyl (C=O) groups excluding carboxylic acids is 2. The Hall–Kier alpha value is -1.84. The molecule has 1 aliphatic carbocycles. The molecule has 4 heteroatoms.